The van der Waals surface area contributed by atoms with Crippen molar-refractivity contribution in [3.05, 3.63) is 80.7 Å². The second kappa shape index (κ2) is 20.4. The Morgan fingerprint density at radius 1 is 0.558 bits per heavy atom. The monoisotopic (exact) mass is 838 g/mol. The number of benzene rings is 3. The highest BCUT2D eigenvalue weighted by molar-refractivity contribution is 9.11. The Bertz CT molecular complexity index is 1660. The number of rotatable bonds is 22. The number of hydrogen-bond donors (Lipinski definition) is 0. The molecule has 52 heavy (non-hydrogen) atoms. The van der Waals surface area contributed by atoms with Crippen LogP contribution in [-0.4, -0.2) is 33.6 Å². The first kappa shape index (κ1) is 39.3. The van der Waals surface area contributed by atoms with Crippen molar-refractivity contribution in [3.63, 3.8) is 0 Å². The molecule has 0 spiro atoms. The van der Waals surface area contributed by atoms with E-state index >= 15 is 0 Å². The lowest BCUT2D eigenvalue weighted by atomic mass is 10.0. The zero-order valence-electron chi connectivity index (χ0n) is 30.4. The van der Waals surface area contributed by atoms with Crippen LogP contribution in [0.15, 0.2) is 78.4 Å². The van der Waals surface area contributed by atoms with Crippen LogP contribution < -0.4 is 18.9 Å². The molecule has 3 aromatic carbocycles. The summed E-state index contributed by atoms with van der Waals surface area (Å²) in [7, 11) is 0. The average Bonchev–Trinajstić information content (AvgIpc) is 3.85. The number of halogens is 2. The van der Waals surface area contributed by atoms with Crippen LogP contribution in [0.2, 0.25) is 0 Å². The summed E-state index contributed by atoms with van der Waals surface area (Å²) in [6.07, 6.45) is 9.56. The van der Waals surface area contributed by atoms with Gasteiger partial charge >= 0.3 is 12.2 Å². The lowest BCUT2D eigenvalue weighted by Crippen LogP contribution is -2.11. The fraction of sp³-hybridized carbons (Fsp3) is 0.450. The molecule has 0 amide bonds. The third-order valence-electron chi connectivity index (χ3n) is 8.96. The Kier molecular flexibility index (Phi) is 15.4. The Balaban J connectivity index is 1.08. The molecule has 278 valence electrons. The van der Waals surface area contributed by atoms with Crippen molar-refractivity contribution in [2.75, 3.05) is 13.2 Å². The van der Waals surface area contributed by atoms with Gasteiger partial charge in [0.1, 0.15) is 24.7 Å². The summed E-state index contributed by atoms with van der Waals surface area (Å²) < 4.78 is 36.9. The predicted molar refractivity (Wildman–Crippen MR) is 208 cm³/mol. The summed E-state index contributed by atoms with van der Waals surface area (Å²) in [4.78, 5) is 0. The second-order valence-corrected chi connectivity index (χ2v) is 14.6. The van der Waals surface area contributed by atoms with E-state index in [1.165, 1.54) is 25.7 Å². The van der Waals surface area contributed by atoms with Gasteiger partial charge in [0.15, 0.2) is 0 Å². The summed E-state index contributed by atoms with van der Waals surface area (Å²) in [5, 5.41) is 16.5. The molecule has 0 aliphatic heterocycles. The smallest absolute Gasteiger partial charge is 0.414 e. The topological polar surface area (TPSA) is 115 Å². The largest absolute Gasteiger partial charge is 0.488 e. The molecule has 0 saturated heterocycles. The van der Waals surface area contributed by atoms with Gasteiger partial charge < -0.3 is 27.8 Å². The molecule has 5 aromatic rings. The van der Waals surface area contributed by atoms with Gasteiger partial charge in [-0.1, -0.05) is 101 Å². The number of hydrogen-bond acceptors (Lipinski definition) is 10. The number of nitrogens with zero attached hydrogens (tertiary/aromatic N) is 4. The third kappa shape index (κ3) is 11.6. The van der Waals surface area contributed by atoms with E-state index in [9.17, 15) is 0 Å². The maximum atomic E-state index is 6.14. The van der Waals surface area contributed by atoms with Crippen LogP contribution in [0.5, 0.6) is 23.7 Å². The molecule has 0 fully saturated rings. The van der Waals surface area contributed by atoms with E-state index in [0.717, 1.165) is 56.9 Å². The van der Waals surface area contributed by atoms with E-state index < -0.39 is 0 Å². The normalized spacial score (nSPS) is 12.4. The van der Waals surface area contributed by atoms with E-state index in [-0.39, 0.29) is 12.2 Å². The molecule has 0 aliphatic carbocycles. The minimum Gasteiger partial charge on any atom is -0.488 e. The summed E-state index contributed by atoms with van der Waals surface area (Å²) in [6.45, 7) is 10.7. The van der Waals surface area contributed by atoms with Crippen LogP contribution in [0.3, 0.4) is 0 Å². The van der Waals surface area contributed by atoms with Gasteiger partial charge in [0.2, 0.25) is 0 Å². The van der Waals surface area contributed by atoms with Crippen molar-refractivity contribution in [2.24, 2.45) is 11.8 Å². The van der Waals surface area contributed by atoms with Crippen molar-refractivity contribution >= 4 is 31.9 Å². The number of aromatic nitrogens is 4. The Labute approximate surface area is 323 Å². The molecular weight excluding hydrogens is 792 g/mol. The van der Waals surface area contributed by atoms with E-state index in [1.807, 2.05) is 60.7 Å². The maximum absolute atomic E-state index is 6.14. The lowest BCUT2D eigenvalue weighted by Gasteiger charge is -2.13. The summed E-state index contributed by atoms with van der Waals surface area (Å²) >= 11 is 7.27. The molecule has 2 heterocycles. The van der Waals surface area contributed by atoms with Gasteiger partial charge in [-0.2, -0.15) is 0 Å². The van der Waals surface area contributed by atoms with Crippen LogP contribution in [0.1, 0.15) is 90.2 Å². The average molecular weight is 841 g/mol. The highest BCUT2D eigenvalue weighted by atomic mass is 79.9. The van der Waals surface area contributed by atoms with Gasteiger partial charge in [-0.25, -0.2) is 0 Å². The van der Waals surface area contributed by atoms with E-state index in [2.05, 4.69) is 79.9 Å². The quantitative estimate of drug-likeness (QED) is 0.0667. The van der Waals surface area contributed by atoms with Crippen LogP contribution >= 0.6 is 31.9 Å². The second-order valence-electron chi connectivity index (χ2n) is 12.9. The predicted octanol–water partition coefficient (Wildman–Crippen LogP) is 11.7. The molecule has 12 heteroatoms. The van der Waals surface area contributed by atoms with E-state index in [1.54, 1.807) is 0 Å². The fourth-order valence-electron chi connectivity index (χ4n) is 5.48. The van der Waals surface area contributed by atoms with Crippen molar-refractivity contribution in [2.45, 2.75) is 92.3 Å². The lowest BCUT2D eigenvalue weighted by molar-refractivity contribution is 0.180. The molecule has 2 atom stereocenters. The number of unbranched alkanes of at least 4 members (excludes halogenated alkanes) is 2. The molecule has 2 aromatic heterocycles. The zero-order chi connectivity index (χ0) is 36.7. The first-order valence-electron chi connectivity index (χ1n) is 18.2. The van der Waals surface area contributed by atoms with Crippen LogP contribution in [0.4, 0.5) is 0 Å². The van der Waals surface area contributed by atoms with Crippen LogP contribution in [0.25, 0.3) is 22.9 Å². The SMILES string of the molecule is CCCCC(CC)COc1nnc(-c2ccc(COc3cc(Br)c(OCc4ccc(-c5nnc(OCC(CC)CCCC)o5)cc4)cc3Br)cc2)o1. The van der Waals surface area contributed by atoms with Gasteiger partial charge in [-0.05, 0) is 104 Å². The van der Waals surface area contributed by atoms with Gasteiger partial charge in [0.25, 0.3) is 11.8 Å². The number of ether oxygens (including phenoxy) is 4. The first-order chi connectivity index (χ1) is 25.4. The fourth-order valence-corrected chi connectivity index (χ4v) is 6.36. The summed E-state index contributed by atoms with van der Waals surface area (Å²) in [5.74, 6) is 3.19. The minimum absolute atomic E-state index is 0.205. The van der Waals surface area contributed by atoms with Gasteiger partial charge in [-0.3, -0.25) is 0 Å². The first-order valence-corrected chi connectivity index (χ1v) is 19.8. The molecule has 0 saturated carbocycles. The van der Waals surface area contributed by atoms with Crippen LogP contribution in [0, 0.1) is 11.8 Å². The van der Waals surface area contributed by atoms with Gasteiger partial charge in [0.05, 0.1) is 22.2 Å². The molecule has 0 aliphatic rings. The molecule has 2 unspecified atom stereocenters. The van der Waals surface area contributed by atoms with Gasteiger partial charge in [0, 0.05) is 11.1 Å². The minimum atomic E-state index is 0.205. The maximum Gasteiger partial charge on any atom is 0.414 e. The standard InChI is InChI=1S/C40H48Br2N4O6/c1-5-9-11-27(7-3)23-49-39-45-43-37(51-39)31-17-13-29(14-18-31)25-47-35-21-34(42)36(22-33(35)41)48-26-30-15-19-32(20-16-30)38-44-46-40(52-38)50-24-28(8-4)12-10-6-2/h13-22,27-28H,5-12,23-26H2,1-4H3. The molecule has 0 bridgehead atoms. The van der Waals surface area contributed by atoms with E-state index in [4.69, 9.17) is 27.8 Å². The van der Waals surface area contributed by atoms with Crippen LogP contribution in [-0.2, 0) is 13.2 Å². The molecule has 10 nitrogen and oxygen atoms in total. The van der Waals surface area contributed by atoms with Gasteiger partial charge in [-0.15, -0.1) is 10.2 Å². The molecular formula is C40H48Br2N4O6. The van der Waals surface area contributed by atoms with E-state index in [0.29, 0.717) is 61.5 Å². The Morgan fingerprint density at radius 3 is 1.33 bits per heavy atom. The molecule has 0 N–H and O–H groups in total. The summed E-state index contributed by atoms with van der Waals surface area (Å²) in [5.41, 5.74) is 3.61. The van der Waals surface area contributed by atoms with Crippen molar-refractivity contribution in [3.8, 4) is 46.6 Å². The summed E-state index contributed by atoms with van der Waals surface area (Å²) in [6, 6.07) is 19.4. The van der Waals surface area contributed by atoms with Crippen molar-refractivity contribution < 1.29 is 27.8 Å². The zero-order valence-corrected chi connectivity index (χ0v) is 33.6. The van der Waals surface area contributed by atoms with Crippen molar-refractivity contribution in [1.29, 1.82) is 0 Å². The third-order valence-corrected chi connectivity index (χ3v) is 10.2. The van der Waals surface area contributed by atoms with Crippen molar-refractivity contribution in [1.82, 2.24) is 20.4 Å². The highest BCUT2D eigenvalue weighted by Gasteiger charge is 2.16. The Hall–Kier alpha value is -3.90. The highest BCUT2D eigenvalue weighted by Crippen LogP contribution is 2.37. The molecule has 0 radical (unpaired) electrons. The molecule has 5 rings (SSSR count). The Morgan fingerprint density at radius 2 is 0.962 bits per heavy atom.